The fraction of sp³-hybridized carbons (Fsp3) is 0.286. The molecule has 2 aromatic rings. The van der Waals surface area contributed by atoms with E-state index in [1.807, 2.05) is 28.7 Å². The number of nitrogens with zero attached hydrogens (tertiary/aromatic N) is 2. The van der Waals surface area contributed by atoms with Crippen molar-refractivity contribution in [2.45, 2.75) is 12.8 Å². The summed E-state index contributed by atoms with van der Waals surface area (Å²) < 4.78 is 0.610. The van der Waals surface area contributed by atoms with Crippen molar-refractivity contribution >= 4 is 28.3 Å². The number of H-pyrrole nitrogens is 1. The summed E-state index contributed by atoms with van der Waals surface area (Å²) in [5, 5.41) is 0. The fourth-order valence-corrected chi connectivity index (χ4v) is 2.73. The lowest BCUT2D eigenvalue weighted by Gasteiger charge is -2.27. The molecule has 1 aromatic heterocycles. The van der Waals surface area contributed by atoms with Gasteiger partial charge in [-0.3, -0.25) is 4.79 Å². The van der Waals surface area contributed by atoms with E-state index < -0.39 is 0 Å². The molecule has 0 aliphatic carbocycles. The summed E-state index contributed by atoms with van der Waals surface area (Å²) in [5.41, 5.74) is 3.50. The van der Waals surface area contributed by atoms with Gasteiger partial charge in [0.05, 0.1) is 3.57 Å². The standard InChI is InChI=1S/C14H14IN3O/c1-18-6-2-3-9-7-10(4-5-12(9)18)13-16-8-11(15)14(19)17-13/h4-5,7-8H,2-3,6H2,1H3,(H,16,17,19). The number of fused-ring (bicyclic) bond motifs is 1. The highest BCUT2D eigenvalue weighted by Crippen LogP contribution is 2.29. The molecule has 1 aromatic carbocycles. The molecule has 5 heteroatoms. The second kappa shape index (κ2) is 4.96. The van der Waals surface area contributed by atoms with Gasteiger partial charge in [0.2, 0.25) is 0 Å². The minimum absolute atomic E-state index is 0.0829. The lowest BCUT2D eigenvalue weighted by Crippen LogP contribution is -2.24. The number of nitrogens with one attached hydrogen (secondary N) is 1. The molecule has 0 spiro atoms. The summed E-state index contributed by atoms with van der Waals surface area (Å²) in [6.45, 7) is 1.10. The minimum atomic E-state index is -0.0829. The number of aromatic nitrogens is 2. The van der Waals surface area contributed by atoms with E-state index in [2.05, 4.69) is 34.0 Å². The smallest absolute Gasteiger partial charge is 0.264 e. The predicted octanol–water partition coefficient (Wildman–Crippen LogP) is 2.42. The molecule has 0 unspecified atom stereocenters. The van der Waals surface area contributed by atoms with Crippen molar-refractivity contribution in [3.63, 3.8) is 0 Å². The fourth-order valence-electron chi connectivity index (χ4n) is 2.46. The highest BCUT2D eigenvalue weighted by Gasteiger charge is 2.14. The van der Waals surface area contributed by atoms with Gasteiger partial charge < -0.3 is 9.88 Å². The van der Waals surface area contributed by atoms with Crippen LogP contribution in [0, 0.1) is 3.57 Å². The largest absolute Gasteiger partial charge is 0.374 e. The summed E-state index contributed by atoms with van der Waals surface area (Å²) in [5.74, 6) is 0.640. The van der Waals surface area contributed by atoms with Gasteiger partial charge in [-0.15, -0.1) is 0 Å². The van der Waals surface area contributed by atoms with E-state index in [9.17, 15) is 4.79 Å². The van der Waals surface area contributed by atoms with Crippen molar-refractivity contribution in [2.24, 2.45) is 0 Å². The van der Waals surface area contributed by atoms with Crippen molar-refractivity contribution in [1.29, 1.82) is 0 Å². The highest BCUT2D eigenvalue weighted by atomic mass is 127. The summed E-state index contributed by atoms with van der Waals surface area (Å²) >= 11 is 1.98. The average molecular weight is 367 g/mol. The zero-order chi connectivity index (χ0) is 13.4. The number of hydrogen-bond donors (Lipinski definition) is 1. The topological polar surface area (TPSA) is 49.0 Å². The molecule has 1 aliphatic heterocycles. The monoisotopic (exact) mass is 367 g/mol. The lowest BCUT2D eigenvalue weighted by molar-refractivity contribution is 0.744. The molecule has 0 atom stereocenters. The van der Waals surface area contributed by atoms with E-state index in [0.717, 1.165) is 18.5 Å². The van der Waals surface area contributed by atoms with E-state index in [-0.39, 0.29) is 5.56 Å². The van der Waals surface area contributed by atoms with E-state index in [4.69, 9.17) is 0 Å². The first kappa shape index (κ1) is 12.7. The number of aromatic amines is 1. The van der Waals surface area contributed by atoms with Crippen LogP contribution < -0.4 is 10.5 Å². The maximum Gasteiger partial charge on any atom is 0.264 e. The molecule has 0 saturated carbocycles. The van der Waals surface area contributed by atoms with Gasteiger partial charge in [0.1, 0.15) is 5.82 Å². The Labute approximate surface area is 125 Å². The normalized spacial score (nSPS) is 14.3. The number of anilines is 1. The van der Waals surface area contributed by atoms with Gasteiger partial charge in [-0.2, -0.15) is 0 Å². The second-order valence-electron chi connectivity index (χ2n) is 4.78. The Kier molecular flexibility index (Phi) is 3.30. The molecule has 0 bridgehead atoms. The molecule has 19 heavy (non-hydrogen) atoms. The Morgan fingerprint density at radius 3 is 3.05 bits per heavy atom. The molecule has 2 heterocycles. The molecule has 98 valence electrons. The third-order valence-electron chi connectivity index (χ3n) is 3.46. The number of rotatable bonds is 1. The molecule has 4 nitrogen and oxygen atoms in total. The van der Waals surface area contributed by atoms with Crippen LogP contribution in [0.4, 0.5) is 5.69 Å². The van der Waals surface area contributed by atoms with Crippen LogP contribution in [0.15, 0.2) is 29.2 Å². The third-order valence-corrected chi connectivity index (χ3v) is 4.23. The van der Waals surface area contributed by atoms with E-state index in [1.165, 1.54) is 17.7 Å². The van der Waals surface area contributed by atoms with Crippen LogP contribution in [0.2, 0.25) is 0 Å². The zero-order valence-electron chi connectivity index (χ0n) is 10.6. The molecular weight excluding hydrogens is 353 g/mol. The minimum Gasteiger partial charge on any atom is -0.374 e. The SMILES string of the molecule is CN1CCCc2cc(-c3ncc(I)c(=O)[nH]3)ccc21. The van der Waals surface area contributed by atoms with Crippen LogP contribution in [0.25, 0.3) is 11.4 Å². The molecule has 1 N–H and O–H groups in total. The Morgan fingerprint density at radius 1 is 1.42 bits per heavy atom. The van der Waals surface area contributed by atoms with Gasteiger partial charge in [-0.1, -0.05) is 0 Å². The molecule has 0 saturated heterocycles. The van der Waals surface area contributed by atoms with Crippen molar-refractivity contribution in [3.8, 4) is 11.4 Å². The summed E-state index contributed by atoms with van der Waals surface area (Å²) in [6, 6.07) is 6.27. The zero-order valence-corrected chi connectivity index (χ0v) is 12.8. The van der Waals surface area contributed by atoms with E-state index >= 15 is 0 Å². The number of halogens is 1. The van der Waals surface area contributed by atoms with Crippen LogP contribution in [0.3, 0.4) is 0 Å². The van der Waals surface area contributed by atoms with Gasteiger partial charge >= 0.3 is 0 Å². The van der Waals surface area contributed by atoms with Crippen LogP contribution in [-0.2, 0) is 6.42 Å². The average Bonchev–Trinajstić information content (AvgIpc) is 2.42. The van der Waals surface area contributed by atoms with Gasteiger partial charge in [-0.05, 0) is 59.2 Å². The van der Waals surface area contributed by atoms with Gasteiger partial charge in [0.15, 0.2) is 0 Å². The molecule has 0 fully saturated rings. The van der Waals surface area contributed by atoms with Crippen LogP contribution in [0.1, 0.15) is 12.0 Å². The van der Waals surface area contributed by atoms with Gasteiger partial charge in [-0.25, -0.2) is 4.98 Å². The first-order valence-corrected chi connectivity index (χ1v) is 7.32. The Morgan fingerprint density at radius 2 is 2.26 bits per heavy atom. The molecular formula is C14H14IN3O. The number of hydrogen-bond acceptors (Lipinski definition) is 3. The van der Waals surface area contributed by atoms with Crippen LogP contribution >= 0.6 is 22.6 Å². The lowest BCUT2D eigenvalue weighted by atomic mass is 9.99. The van der Waals surface area contributed by atoms with Crippen molar-refractivity contribution in [1.82, 2.24) is 9.97 Å². The van der Waals surface area contributed by atoms with Gasteiger partial charge in [0, 0.05) is 31.0 Å². The molecule has 0 radical (unpaired) electrons. The number of benzene rings is 1. The quantitative estimate of drug-likeness (QED) is 0.788. The van der Waals surface area contributed by atoms with Crippen molar-refractivity contribution < 1.29 is 0 Å². The van der Waals surface area contributed by atoms with Gasteiger partial charge in [0.25, 0.3) is 5.56 Å². The third kappa shape index (κ3) is 2.39. The highest BCUT2D eigenvalue weighted by molar-refractivity contribution is 14.1. The predicted molar refractivity (Wildman–Crippen MR) is 84.6 cm³/mol. The van der Waals surface area contributed by atoms with Crippen LogP contribution in [0.5, 0.6) is 0 Å². The Hall–Kier alpha value is -1.37. The second-order valence-corrected chi connectivity index (χ2v) is 5.94. The maximum atomic E-state index is 11.6. The summed E-state index contributed by atoms with van der Waals surface area (Å²) in [6.07, 6.45) is 3.87. The number of aryl methyl sites for hydroxylation is 1. The van der Waals surface area contributed by atoms with Crippen molar-refractivity contribution in [2.75, 3.05) is 18.5 Å². The van der Waals surface area contributed by atoms with E-state index in [1.54, 1.807) is 6.20 Å². The molecule has 1 aliphatic rings. The molecule has 3 rings (SSSR count). The van der Waals surface area contributed by atoms with E-state index in [0.29, 0.717) is 9.39 Å². The maximum absolute atomic E-state index is 11.6. The van der Waals surface area contributed by atoms with Crippen molar-refractivity contribution in [3.05, 3.63) is 43.9 Å². The first-order valence-electron chi connectivity index (χ1n) is 6.24. The summed E-state index contributed by atoms with van der Waals surface area (Å²) in [4.78, 5) is 21.0. The molecule has 0 amide bonds. The summed E-state index contributed by atoms with van der Waals surface area (Å²) in [7, 11) is 2.11. The van der Waals surface area contributed by atoms with Crippen LogP contribution in [-0.4, -0.2) is 23.6 Å². The first-order chi connectivity index (χ1) is 9.15. The Bertz CT molecular complexity index is 681. The Balaban J connectivity index is 2.06.